The molecule has 3 aliphatic heterocycles. The van der Waals surface area contributed by atoms with E-state index in [0.29, 0.717) is 24.7 Å². The van der Waals surface area contributed by atoms with Crippen LogP contribution >= 0.6 is 0 Å². The molecule has 8 heteroatoms. The van der Waals surface area contributed by atoms with Crippen LogP contribution in [0.4, 0.5) is 5.82 Å². The molecule has 0 radical (unpaired) electrons. The molecular weight excluding hydrogens is 490 g/mol. The molecule has 210 valence electrons. The largest absolute Gasteiger partial charge is 0.480 e. The standard InChI is InChI=1S/C31H43N5O3/c1-32-26-18-34(28(26)31(38)39)29-30(37)36(27-12-5-4-11-25(27)33-29)24-16-21-9-6-10-22(17-24)35(21)23-14-19-7-2-3-8-20(13-19)15-23/h4-5,11-12,19-24,26,28,32H,2-3,6-10,13-18H2,1H3,(H,38,39)/t19?,20?,21-,22-,23?,26-,28+/m1/s1. The predicted molar refractivity (Wildman–Crippen MR) is 152 cm³/mol. The maximum atomic E-state index is 14.2. The summed E-state index contributed by atoms with van der Waals surface area (Å²) in [5.41, 5.74) is 1.52. The van der Waals surface area contributed by atoms with Gasteiger partial charge in [0, 0.05) is 30.7 Å². The van der Waals surface area contributed by atoms with Gasteiger partial charge in [-0.1, -0.05) is 44.2 Å². The second-order valence-corrected chi connectivity index (χ2v) is 13.1. The van der Waals surface area contributed by atoms with Crippen molar-refractivity contribution in [2.75, 3.05) is 18.5 Å². The normalized spacial score (nSPS) is 36.8. The molecule has 8 nitrogen and oxygen atoms in total. The molecule has 5 fully saturated rings. The Morgan fingerprint density at radius 2 is 1.59 bits per heavy atom. The minimum absolute atomic E-state index is 0.117. The number of aromatic nitrogens is 2. The molecule has 2 unspecified atom stereocenters. The number of anilines is 1. The molecule has 2 aromatic rings. The SMILES string of the molecule is CN[C@@H]1CN(c2nc3ccccc3n(C3C[C@H]4CCC[C@H](C3)N4C3CC4CCCCC(C4)C3)c2=O)[C@@H]1C(=O)O. The summed E-state index contributed by atoms with van der Waals surface area (Å²) in [6.45, 7) is 0.474. The number of nitrogens with zero attached hydrogens (tertiary/aromatic N) is 4. The van der Waals surface area contributed by atoms with E-state index in [9.17, 15) is 14.7 Å². The zero-order chi connectivity index (χ0) is 26.7. The van der Waals surface area contributed by atoms with E-state index < -0.39 is 12.0 Å². The lowest BCUT2D eigenvalue weighted by Crippen LogP contribution is -2.69. The van der Waals surface area contributed by atoms with Crippen molar-refractivity contribution in [3.8, 4) is 0 Å². The molecule has 1 aromatic heterocycles. The van der Waals surface area contributed by atoms with Crippen LogP contribution in [0.2, 0.25) is 0 Å². The van der Waals surface area contributed by atoms with Crippen molar-refractivity contribution in [2.45, 2.75) is 113 Å². The van der Waals surface area contributed by atoms with Crippen LogP contribution in [0.25, 0.3) is 11.0 Å². The number of carboxylic acid groups (broad SMARTS) is 1. The molecule has 5 aliphatic rings. The molecule has 2 aliphatic carbocycles. The van der Waals surface area contributed by atoms with Crippen LogP contribution in [0.3, 0.4) is 0 Å². The molecule has 4 bridgehead atoms. The zero-order valence-corrected chi connectivity index (χ0v) is 23.2. The van der Waals surface area contributed by atoms with E-state index in [2.05, 4.69) is 10.2 Å². The number of hydrogen-bond acceptors (Lipinski definition) is 6. The second kappa shape index (κ2) is 10.2. The summed E-state index contributed by atoms with van der Waals surface area (Å²) in [7, 11) is 1.78. The molecule has 7 rings (SSSR count). The first-order valence-corrected chi connectivity index (χ1v) is 15.5. The van der Waals surface area contributed by atoms with Crippen LogP contribution in [0.1, 0.15) is 83.1 Å². The van der Waals surface area contributed by atoms with Gasteiger partial charge < -0.3 is 19.9 Å². The van der Waals surface area contributed by atoms with Gasteiger partial charge in [-0.05, 0) is 76.0 Å². The Labute approximate surface area is 230 Å². The van der Waals surface area contributed by atoms with E-state index in [-0.39, 0.29) is 23.5 Å². The molecule has 0 amide bonds. The fourth-order valence-electron chi connectivity index (χ4n) is 9.27. The summed E-state index contributed by atoms with van der Waals surface area (Å²) in [6, 6.07) is 8.83. The Morgan fingerprint density at radius 3 is 2.26 bits per heavy atom. The van der Waals surface area contributed by atoms with Crippen LogP contribution in [-0.4, -0.2) is 69.3 Å². The van der Waals surface area contributed by atoms with Crippen LogP contribution < -0.4 is 15.8 Å². The highest BCUT2D eigenvalue weighted by Gasteiger charge is 2.47. The third-order valence-corrected chi connectivity index (χ3v) is 10.9. The smallest absolute Gasteiger partial charge is 0.328 e. The molecule has 6 atom stereocenters. The van der Waals surface area contributed by atoms with E-state index in [0.717, 1.165) is 35.7 Å². The number of fused-ring (bicyclic) bond motifs is 5. The van der Waals surface area contributed by atoms with Gasteiger partial charge >= 0.3 is 5.97 Å². The number of benzene rings is 1. The fourth-order valence-corrected chi connectivity index (χ4v) is 9.27. The molecular formula is C31H43N5O3. The van der Waals surface area contributed by atoms with Crippen molar-refractivity contribution in [3.63, 3.8) is 0 Å². The predicted octanol–water partition coefficient (Wildman–Crippen LogP) is 4.17. The minimum atomic E-state index is -0.919. The topological polar surface area (TPSA) is 90.7 Å². The van der Waals surface area contributed by atoms with Gasteiger partial charge in [-0.15, -0.1) is 0 Å². The van der Waals surface area contributed by atoms with Crippen LogP contribution in [0.5, 0.6) is 0 Å². The fraction of sp³-hybridized carbons (Fsp3) is 0.710. The van der Waals surface area contributed by atoms with Crippen molar-refractivity contribution in [3.05, 3.63) is 34.6 Å². The van der Waals surface area contributed by atoms with Crippen molar-refractivity contribution in [1.29, 1.82) is 0 Å². The van der Waals surface area contributed by atoms with E-state index in [1.165, 1.54) is 64.2 Å². The summed E-state index contributed by atoms with van der Waals surface area (Å²) < 4.78 is 2.01. The molecule has 2 saturated carbocycles. The van der Waals surface area contributed by atoms with Crippen LogP contribution in [0, 0.1) is 11.8 Å². The van der Waals surface area contributed by atoms with Gasteiger partial charge in [0.25, 0.3) is 5.56 Å². The van der Waals surface area contributed by atoms with Crippen molar-refractivity contribution >= 4 is 22.8 Å². The Balaban J connectivity index is 1.22. The van der Waals surface area contributed by atoms with E-state index in [1.54, 1.807) is 11.9 Å². The molecule has 4 heterocycles. The van der Waals surface area contributed by atoms with Gasteiger partial charge in [0.2, 0.25) is 0 Å². The first-order valence-electron chi connectivity index (χ1n) is 15.5. The molecule has 3 saturated heterocycles. The van der Waals surface area contributed by atoms with Gasteiger partial charge in [0.05, 0.1) is 17.1 Å². The number of aliphatic carboxylic acids is 1. The summed E-state index contributed by atoms with van der Waals surface area (Å²) in [4.78, 5) is 35.6. The van der Waals surface area contributed by atoms with Gasteiger partial charge in [0.1, 0.15) is 6.04 Å². The highest BCUT2D eigenvalue weighted by atomic mass is 16.4. The number of piperidine rings is 2. The lowest BCUT2D eigenvalue weighted by Gasteiger charge is -2.54. The monoisotopic (exact) mass is 533 g/mol. The Kier molecular flexibility index (Phi) is 6.66. The highest BCUT2D eigenvalue weighted by molar-refractivity contribution is 5.83. The summed E-state index contributed by atoms with van der Waals surface area (Å²) in [6.07, 6.45) is 15.6. The molecule has 0 spiro atoms. The first kappa shape index (κ1) is 25.5. The molecule has 39 heavy (non-hydrogen) atoms. The van der Waals surface area contributed by atoms with Gasteiger partial charge in [0.15, 0.2) is 5.82 Å². The number of carbonyl (C=O) groups is 1. The Morgan fingerprint density at radius 1 is 0.897 bits per heavy atom. The number of hydrogen-bond donors (Lipinski definition) is 2. The van der Waals surface area contributed by atoms with Gasteiger partial charge in [-0.25, -0.2) is 9.78 Å². The maximum absolute atomic E-state index is 14.2. The number of nitrogens with one attached hydrogen (secondary N) is 1. The quantitative estimate of drug-likeness (QED) is 0.596. The van der Waals surface area contributed by atoms with E-state index in [4.69, 9.17) is 4.98 Å². The lowest BCUT2D eigenvalue weighted by molar-refractivity contribution is -0.140. The van der Waals surface area contributed by atoms with E-state index in [1.807, 2.05) is 28.8 Å². The maximum Gasteiger partial charge on any atom is 0.328 e. The third kappa shape index (κ3) is 4.38. The van der Waals surface area contributed by atoms with Gasteiger partial charge in [-0.2, -0.15) is 0 Å². The number of rotatable bonds is 5. The summed E-state index contributed by atoms with van der Waals surface area (Å²) in [5.74, 6) is 1.18. The average molecular weight is 534 g/mol. The van der Waals surface area contributed by atoms with Crippen LogP contribution in [0.15, 0.2) is 29.1 Å². The highest BCUT2D eigenvalue weighted by Crippen LogP contribution is 2.47. The van der Waals surface area contributed by atoms with E-state index >= 15 is 0 Å². The molecule has 2 N–H and O–H groups in total. The number of para-hydroxylation sites is 2. The number of likely N-dealkylation sites (N-methyl/N-ethyl adjacent to an activating group) is 1. The van der Waals surface area contributed by atoms with Crippen LogP contribution in [-0.2, 0) is 4.79 Å². The molecule has 1 aromatic carbocycles. The van der Waals surface area contributed by atoms with Crippen molar-refractivity contribution in [2.24, 2.45) is 11.8 Å². The van der Waals surface area contributed by atoms with Gasteiger partial charge in [-0.3, -0.25) is 9.69 Å². The average Bonchev–Trinajstić information content (AvgIpc) is 3.06. The Hall–Kier alpha value is -2.45. The Bertz CT molecular complexity index is 1270. The summed E-state index contributed by atoms with van der Waals surface area (Å²) in [5, 5.41) is 13.0. The number of carboxylic acids is 1. The van der Waals surface area contributed by atoms with Crippen molar-refractivity contribution < 1.29 is 9.90 Å². The second-order valence-electron chi connectivity index (χ2n) is 13.1. The minimum Gasteiger partial charge on any atom is -0.480 e. The summed E-state index contributed by atoms with van der Waals surface area (Å²) >= 11 is 0. The lowest BCUT2D eigenvalue weighted by atomic mass is 9.73. The third-order valence-electron chi connectivity index (χ3n) is 10.9. The zero-order valence-electron chi connectivity index (χ0n) is 23.2. The first-order chi connectivity index (χ1) is 19.0. The van der Waals surface area contributed by atoms with Crippen molar-refractivity contribution in [1.82, 2.24) is 19.8 Å².